The molecule has 1 aromatic rings. The van der Waals surface area contributed by atoms with Crippen LogP contribution in [0, 0.1) is 13.8 Å². The fraction of sp³-hybridized carbons (Fsp3) is 0.538. The van der Waals surface area contributed by atoms with Crippen LogP contribution in [0.25, 0.3) is 0 Å². The quantitative estimate of drug-likeness (QED) is 0.825. The van der Waals surface area contributed by atoms with E-state index in [1.165, 1.54) is 21.7 Å². The Morgan fingerprint density at radius 1 is 1.38 bits per heavy atom. The molecule has 0 bridgehead atoms. The zero-order chi connectivity index (χ0) is 11.7. The average Bonchev–Trinajstić information content (AvgIpc) is 2.21. The maximum atomic E-state index is 3.63. The fourth-order valence-corrected chi connectivity index (χ4v) is 3.65. The molecule has 0 aromatic heterocycles. The van der Waals surface area contributed by atoms with Crippen molar-refractivity contribution in [3.8, 4) is 0 Å². The number of fused-ring (bicyclic) bond motifs is 1. The molecule has 2 unspecified atom stereocenters. The fourth-order valence-electron chi connectivity index (χ4n) is 2.21. The first-order chi connectivity index (χ1) is 7.61. The van der Waals surface area contributed by atoms with Gasteiger partial charge < -0.3 is 10.6 Å². The summed E-state index contributed by atoms with van der Waals surface area (Å²) in [6.07, 6.45) is 0. The average molecular weight is 236 g/mol. The normalized spacial score (nSPS) is 23.8. The van der Waals surface area contributed by atoms with Crippen molar-refractivity contribution in [1.29, 1.82) is 0 Å². The minimum absolute atomic E-state index is 0.520. The second-order valence-corrected chi connectivity index (χ2v) is 5.88. The van der Waals surface area contributed by atoms with Crippen molar-refractivity contribution < 1.29 is 0 Å². The van der Waals surface area contributed by atoms with Gasteiger partial charge in [-0.3, -0.25) is 0 Å². The maximum absolute atomic E-state index is 3.63. The highest BCUT2D eigenvalue weighted by atomic mass is 32.2. The summed E-state index contributed by atoms with van der Waals surface area (Å²) in [6, 6.07) is 5.05. The van der Waals surface area contributed by atoms with Gasteiger partial charge in [-0.2, -0.15) is 0 Å². The van der Waals surface area contributed by atoms with Crippen molar-refractivity contribution in [2.45, 2.75) is 37.0 Å². The van der Waals surface area contributed by atoms with E-state index in [1.54, 1.807) is 0 Å². The number of anilines is 1. The van der Waals surface area contributed by atoms with Gasteiger partial charge >= 0.3 is 0 Å². The lowest BCUT2D eigenvalue weighted by Gasteiger charge is -2.33. The molecule has 3 heteroatoms. The van der Waals surface area contributed by atoms with Crippen molar-refractivity contribution in [2.24, 2.45) is 0 Å². The van der Waals surface area contributed by atoms with Gasteiger partial charge in [0.25, 0.3) is 0 Å². The van der Waals surface area contributed by atoms with Crippen LogP contribution in [0.1, 0.15) is 18.1 Å². The Morgan fingerprint density at radius 3 is 2.81 bits per heavy atom. The lowest BCUT2D eigenvalue weighted by atomic mass is 10.1. The Bertz CT molecular complexity index is 390. The summed E-state index contributed by atoms with van der Waals surface area (Å²) in [4.78, 5) is 1.40. The number of hydrogen-bond donors (Lipinski definition) is 2. The van der Waals surface area contributed by atoms with E-state index in [0.717, 1.165) is 6.54 Å². The van der Waals surface area contributed by atoms with Crippen LogP contribution < -0.4 is 10.6 Å². The van der Waals surface area contributed by atoms with Crippen LogP contribution in [-0.2, 0) is 0 Å². The Balaban J connectivity index is 2.31. The summed E-state index contributed by atoms with van der Waals surface area (Å²) >= 11 is 1.99. The molecule has 0 saturated heterocycles. The lowest BCUT2D eigenvalue weighted by molar-refractivity contribution is 0.664. The third kappa shape index (κ3) is 2.20. The predicted molar refractivity (Wildman–Crippen MR) is 72.6 cm³/mol. The van der Waals surface area contributed by atoms with Crippen molar-refractivity contribution >= 4 is 17.4 Å². The molecule has 1 aromatic carbocycles. The van der Waals surface area contributed by atoms with E-state index in [0.29, 0.717) is 11.3 Å². The van der Waals surface area contributed by atoms with Crippen LogP contribution in [0.2, 0.25) is 0 Å². The van der Waals surface area contributed by atoms with Crippen LogP contribution >= 0.6 is 11.8 Å². The molecule has 88 valence electrons. The van der Waals surface area contributed by atoms with E-state index in [1.807, 2.05) is 18.8 Å². The minimum Gasteiger partial charge on any atom is -0.380 e. The lowest BCUT2D eigenvalue weighted by Crippen LogP contribution is -2.38. The summed E-state index contributed by atoms with van der Waals surface area (Å²) in [5.74, 6) is 0. The molecule has 0 fully saturated rings. The van der Waals surface area contributed by atoms with Gasteiger partial charge in [-0.15, -0.1) is 11.8 Å². The zero-order valence-corrected chi connectivity index (χ0v) is 11.2. The Morgan fingerprint density at radius 2 is 2.12 bits per heavy atom. The van der Waals surface area contributed by atoms with Gasteiger partial charge in [0.15, 0.2) is 0 Å². The Kier molecular flexibility index (Phi) is 3.45. The number of hydrogen-bond acceptors (Lipinski definition) is 3. The number of benzene rings is 1. The highest BCUT2D eigenvalue weighted by molar-refractivity contribution is 8.00. The molecule has 2 nitrogen and oxygen atoms in total. The molecular weight excluding hydrogens is 216 g/mol. The maximum Gasteiger partial charge on any atom is 0.0510 e. The minimum atomic E-state index is 0.520. The van der Waals surface area contributed by atoms with Gasteiger partial charge in [-0.25, -0.2) is 0 Å². The van der Waals surface area contributed by atoms with Gasteiger partial charge in [-0.05, 0) is 45.0 Å². The Labute approximate surface area is 102 Å². The van der Waals surface area contributed by atoms with Gasteiger partial charge in [0.1, 0.15) is 0 Å². The molecule has 16 heavy (non-hydrogen) atoms. The molecule has 0 amide bonds. The topological polar surface area (TPSA) is 24.1 Å². The van der Waals surface area contributed by atoms with Gasteiger partial charge in [0.05, 0.1) is 5.69 Å². The molecule has 1 heterocycles. The molecular formula is C13H20N2S. The van der Waals surface area contributed by atoms with Crippen LogP contribution in [0.3, 0.4) is 0 Å². The highest BCUT2D eigenvalue weighted by Gasteiger charge is 2.25. The number of thioether (sulfide) groups is 1. The van der Waals surface area contributed by atoms with Crippen LogP contribution in [0.5, 0.6) is 0 Å². The first-order valence-electron chi connectivity index (χ1n) is 5.81. The smallest absolute Gasteiger partial charge is 0.0510 e. The molecule has 2 atom stereocenters. The van der Waals surface area contributed by atoms with Crippen LogP contribution in [-0.4, -0.2) is 24.9 Å². The van der Waals surface area contributed by atoms with Crippen LogP contribution in [0.4, 0.5) is 5.69 Å². The molecule has 2 N–H and O–H groups in total. The largest absolute Gasteiger partial charge is 0.380 e. The van der Waals surface area contributed by atoms with E-state index in [4.69, 9.17) is 0 Å². The third-order valence-electron chi connectivity index (χ3n) is 3.06. The summed E-state index contributed by atoms with van der Waals surface area (Å²) in [5, 5.41) is 7.51. The van der Waals surface area contributed by atoms with Crippen LogP contribution in [0.15, 0.2) is 17.0 Å². The molecule has 1 aliphatic rings. The van der Waals surface area contributed by atoms with Crippen molar-refractivity contribution in [2.75, 3.05) is 18.9 Å². The third-order valence-corrected chi connectivity index (χ3v) is 4.51. The van der Waals surface area contributed by atoms with E-state index in [2.05, 4.69) is 43.5 Å². The van der Waals surface area contributed by atoms with E-state index in [-0.39, 0.29) is 0 Å². The summed E-state index contributed by atoms with van der Waals surface area (Å²) in [6.45, 7) is 7.66. The summed E-state index contributed by atoms with van der Waals surface area (Å²) in [5.41, 5.74) is 4.04. The SMILES string of the molecule is CNCC1Sc2cc(C)cc(C)c2NC1C. The van der Waals surface area contributed by atoms with Crippen molar-refractivity contribution in [3.05, 3.63) is 23.3 Å². The Hall–Kier alpha value is -0.670. The molecule has 0 saturated carbocycles. The van der Waals surface area contributed by atoms with E-state index in [9.17, 15) is 0 Å². The first-order valence-corrected chi connectivity index (χ1v) is 6.69. The molecule has 0 radical (unpaired) electrons. The summed E-state index contributed by atoms with van der Waals surface area (Å²) < 4.78 is 0. The molecule has 2 rings (SSSR count). The van der Waals surface area contributed by atoms with Gasteiger partial charge in [0, 0.05) is 22.7 Å². The number of aryl methyl sites for hydroxylation is 2. The number of rotatable bonds is 2. The standard InChI is InChI=1S/C13H20N2S/c1-8-5-9(2)13-11(6-8)16-12(7-14-4)10(3)15-13/h5-6,10,12,14-15H,7H2,1-4H3. The molecule has 0 spiro atoms. The second kappa shape index (κ2) is 4.68. The van der Waals surface area contributed by atoms with E-state index >= 15 is 0 Å². The number of nitrogens with one attached hydrogen (secondary N) is 2. The van der Waals surface area contributed by atoms with Gasteiger partial charge in [0.2, 0.25) is 0 Å². The van der Waals surface area contributed by atoms with Crippen molar-refractivity contribution in [1.82, 2.24) is 5.32 Å². The first kappa shape index (κ1) is 11.8. The summed E-state index contributed by atoms with van der Waals surface area (Å²) in [7, 11) is 2.02. The second-order valence-electron chi connectivity index (χ2n) is 4.60. The predicted octanol–water partition coefficient (Wildman–Crippen LogP) is 2.80. The van der Waals surface area contributed by atoms with Crippen molar-refractivity contribution in [3.63, 3.8) is 0 Å². The van der Waals surface area contributed by atoms with Gasteiger partial charge in [-0.1, -0.05) is 6.07 Å². The highest BCUT2D eigenvalue weighted by Crippen LogP contribution is 2.40. The van der Waals surface area contributed by atoms with E-state index < -0.39 is 0 Å². The zero-order valence-electron chi connectivity index (χ0n) is 10.4. The molecule has 0 aliphatic carbocycles. The monoisotopic (exact) mass is 236 g/mol. The molecule has 1 aliphatic heterocycles.